The van der Waals surface area contributed by atoms with Crippen LogP contribution < -0.4 is 10.6 Å². The van der Waals surface area contributed by atoms with Crippen molar-refractivity contribution in [2.45, 2.75) is 40.5 Å². The summed E-state index contributed by atoms with van der Waals surface area (Å²) in [5.74, 6) is 1.60. The molecule has 114 valence electrons. The average Bonchev–Trinajstić information content (AvgIpc) is 2.43. The van der Waals surface area contributed by atoms with Crippen LogP contribution in [0.15, 0.2) is 6.20 Å². The number of aryl methyl sites for hydroxylation is 1. The van der Waals surface area contributed by atoms with Gasteiger partial charge in [-0.1, -0.05) is 20.8 Å². The van der Waals surface area contributed by atoms with Crippen LogP contribution in [0.25, 0.3) is 0 Å². The van der Waals surface area contributed by atoms with E-state index >= 15 is 0 Å². The van der Waals surface area contributed by atoms with Crippen LogP contribution in [0.3, 0.4) is 0 Å². The quantitative estimate of drug-likeness (QED) is 0.728. The molecule has 0 aromatic carbocycles. The summed E-state index contributed by atoms with van der Waals surface area (Å²) in [6.45, 7) is 11.1. The van der Waals surface area contributed by atoms with Crippen LogP contribution in [0.2, 0.25) is 0 Å². The van der Waals surface area contributed by atoms with Crippen molar-refractivity contribution in [1.82, 2.24) is 9.97 Å². The fraction of sp³-hybridized carbons (Fsp3) is 0.733. The zero-order valence-electron chi connectivity index (χ0n) is 13.4. The van der Waals surface area contributed by atoms with Crippen LogP contribution in [0, 0.1) is 12.3 Å². The van der Waals surface area contributed by atoms with E-state index in [-0.39, 0.29) is 5.41 Å². The predicted octanol–water partition coefficient (Wildman–Crippen LogP) is 3.08. The Morgan fingerprint density at radius 1 is 1.30 bits per heavy atom. The van der Waals surface area contributed by atoms with Gasteiger partial charge in [0.25, 0.3) is 0 Å². The molecule has 0 saturated carbocycles. The molecule has 1 rings (SSSR count). The molecule has 0 spiro atoms. The number of methoxy groups -OCH3 is 1. The topological polar surface area (TPSA) is 59.1 Å². The Morgan fingerprint density at radius 3 is 2.70 bits per heavy atom. The molecular weight excluding hydrogens is 252 g/mol. The van der Waals surface area contributed by atoms with Crippen molar-refractivity contribution >= 4 is 11.8 Å². The molecule has 0 aliphatic rings. The van der Waals surface area contributed by atoms with Crippen LogP contribution >= 0.6 is 0 Å². The van der Waals surface area contributed by atoms with Crippen molar-refractivity contribution in [3.63, 3.8) is 0 Å². The van der Waals surface area contributed by atoms with E-state index < -0.39 is 0 Å². The van der Waals surface area contributed by atoms with E-state index in [1.54, 1.807) is 7.11 Å². The fourth-order valence-corrected chi connectivity index (χ4v) is 1.73. The van der Waals surface area contributed by atoms with Crippen LogP contribution in [-0.2, 0) is 4.74 Å². The monoisotopic (exact) mass is 280 g/mol. The number of nitrogens with one attached hydrogen (secondary N) is 2. The van der Waals surface area contributed by atoms with Gasteiger partial charge >= 0.3 is 0 Å². The van der Waals surface area contributed by atoms with Gasteiger partial charge in [0.05, 0.1) is 0 Å². The fourth-order valence-electron chi connectivity index (χ4n) is 1.73. The molecular formula is C15H28N4O. The van der Waals surface area contributed by atoms with Gasteiger partial charge in [0, 0.05) is 38.6 Å². The minimum atomic E-state index is 0.171. The van der Waals surface area contributed by atoms with E-state index in [0.29, 0.717) is 5.95 Å². The first-order valence-electron chi connectivity index (χ1n) is 7.29. The second-order valence-electron chi connectivity index (χ2n) is 5.91. The SMILES string of the molecule is CCCNc1ncc(C)c(NCC(C)(C)CCOC)n1. The molecule has 0 bridgehead atoms. The van der Waals surface area contributed by atoms with Crippen LogP contribution in [0.4, 0.5) is 11.8 Å². The zero-order valence-corrected chi connectivity index (χ0v) is 13.4. The largest absolute Gasteiger partial charge is 0.385 e. The summed E-state index contributed by atoms with van der Waals surface area (Å²) in [4.78, 5) is 8.82. The van der Waals surface area contributed by atoms with E-state index in [1.165, 1.54) is 0 Å². The van der Waals surface area contributed by atoms with Crippen molar-refractivity contribution < 1.29 is 4.74 Å². The van der Waals surface area contributed by atoms with Crippen LogP contribution in [0.5, 0.6) is 0 Å². The summed E-state index contributed by atoms with van der Waals surface area (Å²) in [5, 5.41) is 6.64. The number of ether oxygens (including phenoxy) is 1. The zero-order chi connectivity index (χ0) is 15.0. The van der Waals surface area contributed by atoms with Crippen LogP contribution in [-0.4, -0.2) is 36.8 Å². The third kappa shape index (κ3) is 5.74. The molecule has 0 aliphatic carbocycles. The highest BCUT2D eigenvalue weighted by Crippen LogP contribution is 2.22. The number of aromatic nitrogens is 2. The van der Waals surface area contributed by atoms with E-state index in [2.05, 4.69) is 41.4 Å². The van der Waals surface area contributed by atoms with Gasteiger partial charge in [-0.05, 0) is 25.2 Å². The summed E-state index contributed by atoms with van der Waals surface area (Å²) in [6, 6.07) is 0. The van der Waals surface area contributed by atoms with Crippen molar-refractivity contribution in [3.8, 4) is 0 Å². The summed E-state index contributed by atoms with van der Waals surface area (Å²) in [5.41, 5.74) is 1.24. The standard InChI is InChI=1S/C15H28N4O/c1-6-8-16-14-17-10-12(2)13(19-14)18-11-15(3,4)7-9-20-5/h10H,6-9,11H2,1-5H3,(H2,16,17,18,19). The lowest BCUT2D eigenvalue weighted by molar-refractivity contribution is 0.157. The summed E-state index contributed by atoms with van der Waals surface area (Å²) in [7, 11) is 1.74. The summed E-state index contributed by atoms with van der Waals surface area (Å²) >= 11 is 0. The molecule has 0 aliphatic heterocycles. The normalized spacial score (nSPS) is 11.4. The lowest BCUT2D eigenvalue weighted by Gasteiger charge is -2.25. The maximum atomic E-state index is 5.15. The molecule has 1 aromatic heterocycles. The lowest BCUT2D eigenvalue weighted by atomic mass is 9.90. The van der Waals surface area contributed by atoms with Crippen molar-refractivity contribution in [2.75, 3.05) is 37.4 Å². The molecule has 2 N–H and O–H groups in total. The molecule has 0 saturated heterocycles. The number of nitrogens with zero attached hydrogens (tertiary/aromatic N) is 2. The Balaban J connectivity index is 2.61. The molecule has 0 fully saturated rings. The second kappa shape index (κ2) is 8.04. The number of hydrogen-bond acceptors (Lipinski definition) is 5. The van der Waals surface area contributed by atoms with Gasteiger partial charge in [-0.15, -0.1) is 0 Å². The molecule has 0 unspecified atom stereocenters. The van der Waals surface area contributed by atoms with Crippen molar-refractivity contribution in [1.29, 1.82) is 0 Å². The Hall–Kier alpha value is -1.36. The Morgan fingerprint density at radius 2 is 2.05 bits per heavy atom. The maximum Gasteiger partial charge on any atom is 0.224 e. The minimum Gasteiger partial charge on any atom is -0.385 e. The van der Waals surface area contributed by atoms with Gasteiger partial charge in [0.15, 0.2) is 0 Å². The Kier molecular flexibility index (Phi) is 6.71. The first-order valence-corrected chi connectivity index (χ1v) is 7.29. The molecule has 20 heavy (non-hydrogen) atoms. The Labute approximate surface area is 122 Å². The highest BCUT2D eigenvalue weighted by molar-refractivity contribution is 5.46. The molecule has 1 aromatic rings. The highest BCUT2D eigenvalue weighted by Gasteiger charge is 2.18. The third-order valence-corrected chi connectivity index (χ3v) is 3.22. The smallest absolute Gasteiger partial charge is 0.224 e. The van der Waals surface area contributed by atoms with Crippen LogP contribution in [0.1, 0.15) is 39.2 Å². The molecule has 5 heteroatoms. The van der Waals surface area contributed by atoms with Gasteiger partial charge in [0.2, 0.25) is 5.95 Å². The highest BCUT2D eigenvalue weighted by atomic mass is 16.5. The second-order valence-corrected chi connectivity index (χ2v) is 5.91. The van der Waals surface area contributed by atoms with Crippen molar-refractivity contribution in [3.05, 3.63) is 11.8 Å². The lowest BCUT2D eigenvalue weighted by Crippen LogP contribution is -2.25. The number of rotatable bonds is 9. The predicted molar refractivity (Wildman–Crippen MR) is 84.3 cm³/mol. The summed E-state index contributed by atoms with van der Waals surface area (Å²) in [6.07, 6.45) is 3.93. The van der Waals surface area contributed by atoms with Gasteiger partial charge in [-0.25, -0.2) is 4.98 Å². The van der Waals surface area contributed by atoms with Gasteiger partial charge in [-0.2, -0.15) is 4.98 Å². The minimum absolute atomic E-state index is 0.171. The molecule has 0 atom stereocenters. The first-order chi connectivity index (χ1) is 9.48. The van der Waals surface area contributed by atoms with Gasteiger partial charge in [-0.3, -0.25) is 0 Å². The number of hydrogen-bond donors (Lipinski definition) is 2. The molecule has 0 radical (unpaired) electrons. The van der Waals surface area contributed by atoms with Gasteiger partial charge in [0.1, 0.15) is 5.82 Å². The molecule has 5 nitrogen and oxygen atoms in total. The molecule has 1 heterocycles. The average molecular weight is 280 g/mol. The maximum absolute atomic E-state index is 5.15. The van der Waals surface area contributed by atoms with Crippen molar-refractivity contribution in [2.24, 2.45) is 5.41 Å². The van der Waals surface area contributed by atoms with E-state index in [4.69, 9.17) is 4.74 Å². The summed E-state index contributed by atoms with van der Waals surface area (Å²) < 4.78 is 5.15. The number of anilines is 2. The van der Waals surface area contributed by atoms with E-state index in [1.807, 2.05) is 13.1 Å². The van der Waals surface area contributed by atoms with E-state index in [9.17, 15) is 0 Å². The first kappa shape index (κ1) is 16.7. The van der Waals surface area contributed by atoms with E-state index in [0.717, 1.165) is 43.9 Å². The third-order valence-electron chi connectivity index (χ3n) is 3.22. The van der Waals surface area contributed by atoms with Gasteiger partial charge < -0.3 is 15.4 Å². The Bertz CT molecular complexity index is 407. The molecule has 0 amide bonds.